The fourth-order valence-electron chi connectivity index (χ4n) is 2.56. The van der Waals surface area contributed by atoms with Crippen LogP contribution in [0.4, 0.5) is 0 Å². The standard InChI is InChI=1S/C15H26N2O2/c1-14(2,12-18)7-6-10-17-13(19)15(11-16)8-4-3-5-9-15/h18H,3-10,12H2,1-2H3,(H,17,19). The molecule has 4 nitrogen and oxygen atoms in total. The molecule has 0 saturated heterocycles. The minimum Gasteiger partial charge on any atom is -0.396 e. The fourth-order valence-corrected chi connectivity index (χ4v) is 2.56. The Morgan fingerprint density at radius 1 is 1.37 bits per heavy atom. The second-order valence-corrected chi connectivity index (χ2v) is 6.44. The van der Waals surface area contributed by atoms with Crippen LogP contribution in [-0.2, 0) is 4.79 Å². The van der Waals surface area contributed by atoms with Gasteiger partial charge in [-0.2, -0.15) is 5.26 Å². The van der Waals surface area contributed by atoms with Crippen molar-refractivity contribution >= 4 is 5.91 Å². The number of hydrogen-bond acceptors (Lipinski definition) is 3. The maximum Gasteiger partial charge on any atom is 0.240 e. The van der Waals surface area contributed by atoms with Gasteiger partial charge in [-0.05, 0) is 31.1 Å². The molecule has 0 radical (unpaired) electrons. The van der Waals surface area contributed by atoms with Gasteiger partial charge < -0.3 is 10.4 Å². The normalized spacial score (nSPS) is 18.6. The lowest BCUT2D eigenvalue weighted by Crippen LogP contribution is -2.42. The van der Waals surface area contributed by atoms with Gasteiger partial charge in [-0.25, -0.2) is 0 Å². The van der Waals surface area contributed by atoms with E-state index in [-0.39, 0.29) is 17.9 Å². The predicted molar refractivity (Wildman–Crippen MR) is 74.2 cm³/mol. The Labute approximate surface area is 116 Å². The molecular formula is C15H26N2O2. The van der Waals surface area contributed by atoms with E-state index in [4.69, 9.17) is 5.11 Å². The van der Waals surface area contributed by atoms with Crippen LogP contribution in [0.15, 0.2) is 0 Å². The molecule has 1 aliphatic carbocycles. The molecule has 0 aromatic carbocycles. The average Bonchev–Trinajstić information content (AvgIpc) is 2.44. The van der Waals surface area contributed by atoms with E-state index in [1.165, 1.54) is 0 Å². The molecule has 0 aromatic rings. The van der Waals surface area contributed by atoms with Gasteiger partial charge in [0, 0.05) is 13.2 Å². The lowest BCUT2D eigenvalue weighted by Gasteiger charge is -2.29. The summed E-state index contributed by atoms with van der Waals surface area (Å²) in [4.78, 5) is 12.2. The Morgan fingerprint density at radius 3 is 2.53 bits per heavy atom. The van der Waals surface area contributed by atoms with Crippen LogP contribution in [0.5, 0.6) is 0 Å². The van der Waals surface area contributed by atoms with Crippen molar-refractivity contribution in [3.63, 3.8) is 0 Å². The quantitative estimate of drug-likeness (QED) is 0.725. The first kappa shape index (κ1) is 16.0. The Kier molecular flexibility index (Phi) is 5.81. The fraction of sp³-hybridized carbons (Fsp3) is 0.867. The summed E-state index contributed by atoms with van der Waals surface area (Å²) in [5.41, 5.74) is -0.882. The molecule has 0 spiro atoms. The van der Waals surface area contributed by atoms with E-state index in [0.717, 1.165) is 32.1 Å². The van der Waals surface area contributed by atoms with Crippen LogP contribution in [0.25, 0.3) is 0 Å². The van der Waals surface area contributed by atoms with Crippen LogP contribution < -0.4 is 5.32 Å². The lowest BCUT2D eigenvalue weighted by molar-refractivity contribution is -0.129. The molecular weight excluding hydrogens is 240 g/mol. The molecule has 0 unspecified atom stereocenters. The van der Waals surface area contributed by atoms with Gasteiger partial charge in [-0.3, -0.25) is 4.79 Å². The lowest BCUT2D eigenvalue weighted by atomic mass is 9.74. The highest BCUT2D eigenvalue weighted by atomic mass is 16.3. The van der Waals surface area contributed by atoms with Gasteiger partial charge in [0.05, 0.1) is 6.07 Å². The van der Waals surface area contributed by atoms with E-state index in [9.17, 15) is 10.1 Å². The van der Waals surface area contributed by atoms with Crippen molar-refractivity contribution in [2.75, 3.05) is 13.2 Å². The van der Waals surface area contributed by atoms with Gasteiger partial charge >= 0.3 is 0 Å². The first-order valence-electron chi connectivity index (χ1n) is 7.26. The zero-order valence-corrected chi connectivity index (χ0v) is 12.2. The first-order valence-corrected chi connectivity index (χ1v) is 7.26. The van der Waals surface area contributed by atoms with Gasteiger partial charge in [0.1, 0.15) is 5.41 Å². The van der Waals surface area contributed by atoms with E-state index < -0.39 is 5.41 Å². The van der Waals surface area contributed by atoms with Crippen molar-refractivity contribution in [1.82, 2.24) is 5.32 Å². The van der Waals surface area contributed by atoms with Crippen LogP contribution in [-0.4, -0.2) is 24.2 Å². The van der Waals surface area contributed by atoms with Crippen LogP contribution >= 0.6 is 0 Å². The number of carbonyl (C=O) groups excluding carboxylic acids is 1. The Morgan fingerprint density at radius 2 is 2.00 bits per heavy atom. The average molecular weight is 266 g/mol. The topological polar surface area (TPSA) is 73.1 Å². The van der Waals surface area contributed by atoms with Crippen molar-refractivity contribution in [3.8, 4) is 6.07 Å². The van der Waals surface area contributed by atoms with Crippen LogP contribution in [0.3, 0.4) is 0 Å². The third-order valence-corrected chi connectivity index (χ3v) is 4.10. The minimum atomic E-state index is -0.787. The van der Waals surface area contributed by atoms with Crippen molar-refractivity contribution in [1.29, 1.82) is 5.26 Å². The molecule has 0 aliphatic heterocycles. The summed E-state index contributed by atoms with van der Waals surface area (Å²) >= 11 is 0. The molecule has 0 heterocycles. The summed E-state index contributed by atoms with van der Waals surface area (Å²) in [6, 6.07) is 2.23. The number of nitriles is 1. The smallest absolute Gasteiger partial charge is 0.240 e. The molecule has 1 fully saturated rings. The van der Waals surface area contributed by atoms with E-state index in [1.54, 1.807) is 0 Å². The molecule has 0 atom stereocenters. The Balaban J connectivity index is 2.36. The Hall–Kier alpha value is -1.08. The Bertz CT molecular complexity index is 339. The highest BCUT2D eigenvalue weighted by Gasteiger charge is 2.39. The van der Waals surface area contributed by atoms with E-state index >= 15 is 0 Å². The van der Waals surface area contributed by atoms with Crippen LogP contribution in [0.1, 0.15) is 58.8 Å². The maximum atomic E-state index is 12.2. The number of aliphatic hydroxyl groups is 1. The third-order valence-electron chi connectivity index (χ3n) is 4.10. The van der Waals surface area contributed by atoms with Crippen LogP contribution in [0, 0.1) is 22.2 Å². The number of aliphatic hydroxyl groups excluding tert-OH is 1. The molecule has 1 amide bonds. The highest BCUT2D eigenvalue weighted by Crippen LogP contribution is 2.35. The number of nitrogens with zero attached hydrogens (tertiary/aromatic N) is 1. The molecule has 0 aromatic heterocycles. The summed E-state index contributed by atoms with van der Waals surface area (Å²) in [5, 5.41) is 21.3. The zero-order valence-electron chi connectivity index (χ0n) is 12.2. The summed E-state index contributed by atoms with van der Waals surface area (Å²) in [6.07, 6.45) is 6.15. The summed E-state index contributed by atoms with van der Waals surface area (Å²) < 4.78 is 0. The van der Waals surface area contributed by atoms with Gasteiger partial charge in [-0.15, -0.1) is 0 Å². The molecule has 0 bridgehead atoms. The summed E-state index contributed by atoms with van der Waals surface area (Å²) in [7, 11) is 0. The largest absolute Gasteiger partial charge is 0.396 e. The number of nitrogens with one attached hydrogen (secondary N) is 1. The van der Waals surface area contributed by atoms with Crippen molar-refractivity contribution in [2.24, 2.45) is 10.8 Å². The molecule has 19 heavy (non-hydrogen) atoms. The van der Waals surface area contributed by atoms with Gasteiger partial charge in [0.25, 0.3) is 0 Å². The van der Waals surface area contributed by atoms with E-state index in [2.05, 4.69) is 11.4 Å². The summed E-state index contributed by atoms with van der Waals surface area (Å²) in [6.45, 7) is 4.76. The van der Waals surface area contributed by atoms with E-state index in [0.29, 0.717) is 19.4 Å². The monoisotopic (exact) mass is 266 g/mol. The number of rotatable bonds is 6. The second-order valence-electron chi connectivity index (χ2n) is 6.44. The third kappa shape index (κ3) is 4.50. The van der Waals surface area contributed by atoms with Crippen LogP contribution in [0.2, 0.25) is 0 Å². The molecule has 108 valence electrons. The van der Waals surface area contributed by atoms with Gasteiger partial charge in [-0.1, -0.05) is 33.1 Å². The minimum absolute atomic E-state index is 0.0948. The number of carbonyl (C=O) groups is 1. The van der Waals surface area contributed by atoms with Gasteiger partial charge in [0.2, 0.25) is 5.91 Å². The maximum absolute atomic E-state index is 12.2. The second kappa shape index (κ2) is 6.91. The van der Waals surface area contributed by atoms with Gasteiger partial charge in [0.15, 0.2) is 0 Å². The molecule has 4 heteroatoms. The zero-order chi connectivity index (χ0) is 14.4. The molecule has 1 rings (SSSR count). The highest BCUT2D eigenvalue weighted by molar-refractivity contribution is 5.85. The molecule has 1 saturated carbocycles. The van der Waals surface area contributed by atoms with Crippen molar-refractivity contribution in [2.45, 2.75) is 58.8 Å². The van der Waals surface area contributed by atoms with Crippen molar-refractivity contribution < 1.29 is 9.90 Å². The SMILES string of the molecule is CC(C)(CO)CCCNC(=O)C1(C#N)CCCCC1. The van der Waals surface area contributed by atoms with E-state index in [1.807, 2.05) is 13.8 Å². The first-order chi connectivity index (χ1) is 8.96. The molecule has 2 N–H and O–H groups in total. The number of hydrogen-bond donors (Lipinski definition) is 2. The molecule has 1 aliphatic rings. The number of amides is 1. The predicted octanol–water partition coefficient (Wildman–Crippen LogP) is 2.38. The summed E-state index contributed by atoms with van der Waals surface area (Å²) in [5.74, 6) is -0.100. The van der Waals surface area contributed by atoms with Crippen molar-refractivity contribution in [3.05, 3.63) is 0 Å².